The summed E-state index contributed by atoms with van der Waals surface area (Å²) in [5.41, 5.74) is 2.56. The maximum atomic E-state index is 12.6. The lowest BCUT2D eigenvalue weighted by molar-refractivity contribution is -0.122. The smallest absolute Gasteiger partial charge is 0.481 e. The van der Waals surface area contributed by atoms with Crippen molar-refractivity contribution in [2.75, 3.05) is 17.2 Å². The standard InChI is InChI=1S/C28H30N2O6/c1-5-34-28(33)36-23-16-10-20(11-17-23)27(32)30-22-14-12-21(13-15-22)29-26(31)19(4)35-25-9-7-6-8-24(25)18(2)3/h6-19H,5H2,1-4H3,(H,29,31)(H,30,32). The molecule has 2 amide bonds. The van der Waals surface area contributed by atoms with Gasteiger partial charge >= 0.3 is 6.16 Å². The Kier molecular flexibility index (Phi) is 9.05. The van der Waals surface area contributed by atoms with E-state index in [-0.39, 0.29) is 30.1 Å². The zero-order chi connectivity index (χ0) is 26.1. The first kappa shape index (κ1) is 26.3. The second-order valence-electron chi connectivity index (χ2n) is 8.28. The summed E-state index contributed by atoms with van der Waals surface area (Å²) in [6.45, 7) is 7.73. The third-order valence-electron chi connectivity index (χ3n) is 5.20. The molecule has 0 aliphatic carbocycles. The molecule has 0 spiro atoms. The van der Waals surface area contributed by atoms with Crippen LogP contribution in [0.25, 0.3) is 0 Å². The molecular formula is C28H30N2O6. The molecule has 0 radical (unpaired) electrons. The van der Waals surface area contributed by atoms with Crippen LogP contribution in [0.3, 0.4) is 0 Å². The van der Waals surface area contributed by atoms with Crippen molar-refractivity contribution in [2.45, 2.75) is 39.7 Å². The van der Waals surface area contributed by atoms with E-state index < -0.39 is 12.3 Å². The van der Waals surface area contributed by atoms with E-state index in [4.69, 9.17) is 14.2 Å². The zero-order valence-electron chi connectivity index (χ0n) is 20.7. The van der Waals surface area contributed by atoms with Crippen molar-refractivity contribution in [3.05, 3.63) is 83.9 Å². The highest BCUT2D eigenvalue weighted by Crippen LogP contribution is 2.27. The SMILES string of the molecule is CCOC(=O)Oc1ccc(C(=O)Nc2ccc(NC(=O)C(C)Oc3ccccc3C(C)C)cc2)cc1. The van der Waals surface area contributed by atoms with Crippen molar-refractivity contribution >= 4 is 29.3 Å². The maximum absolute atomic E-state index is 12.6. The zero-order valence-corrected chi connectivity index (χ0v) is 20.7. The molecule has 0 heterocycles. The van der Waals surface area contributed by atoms with E-state index >= 15 is 0 Å². The Morgan fingerprint density at radius 3 is 2.03 bits per heavy atom. The first-order valence-electron chi connectivity index (χ1n) is 11.7. The third-order valence-corrected chi connectivity index (χ3v) is 5.20. The molecule has 36 heavy (non-hydrogen) atoms. The highest BCUT2D eigenvalue weighted by Gasteiger charge is 2.17. The van der Waals surface area contributed by atoms with Crippen molar-refractivity contribution in [3.63, 3.8) is 0 Å². The minimum absolute atomic E-state index is 0.210. The molecule has 188 valence electrons. The minimum Gasteiger partial charge on any atom is -0.481 e. The Morgan fingerprint density at radius 1 is 0.806 bits per heavy atom. The fourth-order valence-corrected chi connectivity index (χ4v) is 3.31. The first-order chi connectivity index (χ1) is 17.3. The molecule has 0 fully saturated rings. The number of ether oxygens (including phenoxy) is 3. The van der Waals surface area contributed by atoms with Crippen LogP contribution >= 0.6 is 0 Å². The molecule has 1 unspecified atom stereocenters. The van der Waals surface area contributed by atoms with Gasteiger partial charge in [-0.25, -0.2) is 4.79 Å². The fourth-order valence-electron chi connectivity index (χ4n) is 3.31. The van der Waals surface area contributed by atoms with Gasteiger partial charge in [0.05, 0.1) is 6.61 Å². The average molecular weight is 491 g/mol. The second-order valence-corrected chi connectivity index (χ2v) is 8.28. The quantitative estimate of drug-likeness (QED) is 0.282. The largest absolute Gasteiger partial charge is 0.513 e. The number of rotatable bonds is 9. The van der Waals surface area contributed by atoms with Crippen LogP contribution in [0.4, 0.5) is 16.2 Å². The topological polar surface area (TPSA) is 103 Å². The van der Waals surface area contributed by atoms with E-state index in [1.807, 2.05) is 24.3 Å². The van der Waals surface area contributed by atoms with Gasteiger partial charge in [-0.1, -0.05) is 32.0 Å². The molecule has 3 aromatic rings. The summed E-state index contributed by atoms with van der Waals surface area (Å²) >= 11 is 0. The number of benzene rings is 3. The van der Waals surface area contributed by atoms with E-state index in [1.165, 1.54) is 24.3 Å². The molecule has 0 bridgehead atoms. The predicted molar refractivity (Wildman–Crippen MR) is 138 cm³/mol. The molecule has 0 aromatic heterocycles. The van der Waals surface area contributed by atoms with E-state index in [1.54, 1.807) is 38.1 Å². The second kappa shape index (κ2) is 12.4. The lowest BCUT2D eigenvalue weighted by atomic mass is 10.0. The lowest BCUT2D eigenvalue weighted by Crippen LogP contribution is -2.30. The molecule has 2 N–H and O–H groups in total. The molecule has 0 saturated heterocycles. The monoisotopic (exact) mass is 490 g/mol. The fraction of sp³-hybridized carbons (Fsp3) is 0.250. The Balaban J connectivity index is 1.54. The number of para-hydroxylation sites is 1. The van der Waals surface area contributed by atoms with Gasteiger partial charge < -0.3 is 24.8 Å². The normalized spacial score (nSPS) is 11.4. The number of anilines is 2. The van der Waals surface area contributed by atoms with E-state index in [0.29, 0.717) is 22.7 Å². The van der Waals surface area contributed by atoms with Crippen molar-refractivity contribution < 1.29 is 28.6 Å². The summed E-state index contributed by atoms with van der Waals surface area (Å²) in [6, 6.07) is 20.5. The van der Waals surface area contributed by atoms with Crippen molar-refractivity contribution in [1.29, 1.82) is 0 Å². The van der Waals surface area contributed by atoms with Crippen LogP contribution < -0.4 is 20.1 Å². The molecule has 0 aliphatic rings. The molecule has 3 rings (SSSR count). The highest BCUT2D eigenvalue weighted by atomic mass is 16.7. The van der Waals surface area contributed by atoms with Crippen LogP contribution in [0.1, 0.15) is 49.5 Å². The highest BCUT2D eigenvalue weighted by molar-refractivity contribution is 6.04. The van der Waals surface area contributed by atoms with Gasteiger partial charge in [-0.05, 0) is 79.9 Å². The number of nitrogens with one attached hydrogen (secondary N) is 2. The van der Waals surface area contributed by atoms with Crippen LogP contribution in [0.5, 0.6) is 11.5 Å². The van der Waals surface area contributed by atoms with Crippen molar-refractivity contribution in [2.24, 2.45) is 0 Å². The average Bonchev–Trinajstić information content (AvgIpc) is 2.86. The number of hydrogen-bond donors (Lipinski definition) is 2. The van der Waals surface area contributed by atoms with E-state index in [2.05, 4.69) is 24.5 Å². The lowest BCUT2D eigenvalue weighted by Gasteiger charge is -2.18. The number of hydrogen-bond acceptors (Lipinski definition) is 6. The van der Waals surface area contributed by atoms with E-state index in [9.17, 15) is 14.4 Å². The van der Waals surface area contributed by atoms with Gasteiger partial charge in [0.1, 0.15) is 11.5 Å². The summed E-state index contributed by atoms with van der Waals surface area (Å²) in [4.78, 5) is 36.5. The van der Waals surface area contributed by atoms with Gasteiger partial charge in [0, 0.05) is 16.9 Å². The van der Waals surface area contributed by atoms with Gasteiger partial charge in [0.25, 0.3) is 11.8 Å². The Labute approximate surface area is 210 Å². The summed E-state index contributed by atoms with van der Waals surface area (Å²) < 4.78 is 15.6. The van der Waals surface area contributed by atoms with Crippen LogP contribution in [0.2, 0.25) is 0 Å². The van der Waals surface area contributed by atoms with Gasteiger partial charge in [0.15, 0.2) is 6.10 Å². The van der Waals surface area contributed by atoms with Crippen LogP contribution in [0, 0.1) is 0 Å². The molecule has 8 nitrogen and oxygen atoms in total. The van der Waals surface area contributed by atoms with Gasteiger partial charge in [-0.3, -0.25) is 9.59 Å². The maximum Gasteiger partial charge on any atom is 0.513 e. The van der Waals surface area contributed by atoms with Crippen molar-refractivity contribution in [1.82, 2.24) is 0 Å². The molecular weight excluding hydrogens is 460 g/mol. The van der Waals surface area contributed by atoms with Crippen LogP contribution in [-0.4, -0.2) is 30.7 Å². The van der Waals surface area contributed by atoms with Gasteiger partial charge in [0.2, 0.25) is 0 Å². The molecule has 0 aliphatic heterocycles. The van der Waals surface area contributed by atoms with Gasteiger partial charge in [-0.15, -0.1) is 0 Å². The predicted octanol–water partition coefficient (Wildman–Crippen LogP) is 6.00. The summed E-state index contributed by atoms with van der Waals surface area (Å²) in [5.74, 6) is 0.621. The summed E-state index contributed by atoms with van der Waals surface area (Å²) in [7, 11) is 0. The summed E-state index contributed by atoms with van der Waals surface area (Å²) in [6.07, 6.45) is -1.50. The molecule has 1 atom stereocenters. The van der Waals surface area contributed by atoms with Crippen LogP contribution in [-0.2, 0) is 9.53 Å². The van der Waals surface area contributed by atoms with Gasteiger partial charge in [-0.2, -0.15) is 0 Å². The number of carbonyl (C=O) groups is 3. The number of amides is 2. The molecule has 0 saturated carbocycles. The van der Waals surface area contributed by atoms with E-state index in [0.717, 1.165) is 5.56 Å². The minimum atomic E-state index is -0.803. The Morgan fingerprint density at radius 2 is 1.42 bits per heavy atom. The summed E-state index contributed by atoms with van der Waals surface area (Å²) in [5, 5.41) is 5.61. The van der Waals surface area contributed by atoms with Crippen LogP contribution in [0.15, 0.2) is 72.8 Å². The first-order valence-corrected chi connectivity index (χ1v) is 11.7. The van der Waals surface area contributed by atoms with Crippen molar-refractivity contribution in [3.8, 4) is 11.5 Å². The molecule has 3 aromatic carbocycles. The number of carbonyl (C=O) groups excluding carboxylic acids is 3. The molecule has 8 heteroatoms. The third kappa shape index (κ3) is 7.33. The Hall–Kier alpha value is -4.33. The Bertz CT molecular complexity index is 1190.